The van der Waals surface area contributed by atoms with Gasteiger partial charge in [0.05, 0.1) is 50.7 Å². The number of benzene rings is 9. The zero-order valence-corrected chi connectivity index (χ0v) is 32.8. The monoisotopic (exact) mass is 772 g/mol. The van der Waals surface area contributed by atoms with Gasteiger partial charge in [-0.05, 0) is 141 Å². The van der Waals surface area contributed by atoms with Crippen LogP contribution in [0.1, 0.15) is 33.4 Å². The first kappa shape index (κ1) is 33.5. The van der Waals surface area contributed by atoms with Crippen molar-refractivity contribution in [2.45, 2.75) is 5.41 Å². The van der Waals surface area contributed by atoms with Crippen LogP contribution in [0.4, 0.5) is 0 Å². The topological polar surface area (TPSA) is 57.4 Å². The molecule has 13 rings (SSSR count). The third-order valence-electron chi connectivity index (χ3n) is 13.4. The van der Waals surface area contributed by atoms with Gasteiger partial charge in [0.25, 0.3) is 0 Å². The molecule has 1 spiro atoms. The molecule has 0 atom stereocenters. The Kier molecular flexibility index (Phi) is 6.75. The molecule has 0 bridgehead atoms. The quantitative estimate of drug-likeness (QED) is 0.180. The van der Waals surface area contributed by atoms with Crippen LogP contribution in [-0.4, -0.2) is 9.13 Å². The van der Waals surface area contributed by atoms with Crippen LogP contribution < -0.4 is 0 Å². The van der Waals surface area contributed by atoms with Crippen molar-refractivity contribution in [2.75, 3.05) is 0 Å². The summed E-state index contributed by atoms with van der Waals surface area (Å²) in [5.41, 5.74) is 18.9. The number of nitriles is 2. The van der Waals surface area contributed by atoms with Gasteiger partial charge >= 0.3 is 0 Å². The fourth-order valence-electron chi connectivity index (χ4n) is 10.9. The maximum atomic E-state index is 10.0. The molecule has 2 heterocycles. The number of rotatable bonds is 3. The van der Waals surface area contributed by atoms with Crippen LogP contribution >= 0.6 is 0 Å². The van der Waals surface area contributed by atoms with Crippen molar-refractivity contribution in [1.82, 2.24) is 9.13 Å². The molecule has 280 valence electrons. The largest absolute Gasteiger partial charge is 0.309 e. The fourth-order valence-corrected chi connectivity index (χ4v) is 10.9. The van der Waals surface area contributed by atoms with E-state index in [2.05, 4.69) is 191 Å². The van der Waals surface area contributed by atoms with E-state index in [1.807, 2.05) is 24.3 Å². The Labute approximate surface area is 351 Å². The second-order valence-electron chi connectivity index (χ2n) is 16.3. The van der Waals surface area contributed by atoms with Gasteiger partial charge in [-0.1, -0.05) is 109 Å². The van der Waals surface area contributed by atoms with Crippen LogP contribution in [0.15, 0.2) is 194 Å². The summed E-state index contributed by atoms with van der Waals surface area (Å²) in [5, 5.41) is 24.9. The van der Waals surface area contributed by atoms with Crippen LogP contribution in [-0.2, 0) is 5.41 Å². The zero-order valence-electron chi connectivity index (χ0n) is 32.8. The summed E-state index contributed by atoms with van der Waals surface area (Å²) in [6.45, 7) is 0. The molecule has 9 aromatic carbocycles. The van der Waals surface area contributed by atoms with Crippen molar-refractivity contribution in [2.24, 2.45) is 0 Å². The normalized spacial score (nSPS) is 13.0. The minimum atomic E-state index is -0.622. The molecule has 0 fully saturated rings. The maximum Gasteiger partial charge on any atom is 0.0991 e. The lowest BCUT2D eigenvalue weighted by atomic mass is 9.70. The van der Waals surface area contributed by atoms with Gasteiger partial charge < -0.3 is 9.13 Å². The fraction of sp³-hybridized carbons (Fsp3) is 0.0175. The first-order chi connectivity index (χ1) is 30.1. The number of aromatic nitrogens is 2. The molecule has 0 N–H and O–H groups in total. The maximum absolute atomic E-state index is 10.0. The second-order valence-corrected chi connectivity index (χ2v) is 16.3. The van der Waals surface area contributed by atoms with E-state index in [1.54, 1.807) is 0 Å². The van der Waals surface area contributed by atoms with Gasteiger partial charge in [-0.25, -0.2) is 0 Å². The molecule has 0 unspecified atom stereocenters. The lowest BCUT2D eigenvalue weighted by Gasteiger charge is -2.30. The highest BCUT2D eigenvalue weighted by atomic mass is 15.0. The Morgan fingerprint density at radius 3 is 1.43 bits per heavy atom. The summed E-state index contributed by atoms with van der Waals surface area (Å²) >= 11 is 0. The minimum Gasteiger partial charge on any atom is -0.309 e. The van der Waals surface area contributed by atoms with E-state index in [0.29, 0.717) is 11.1 Å². The highest BCUT2D eigenvalue weighted by Crippen LogP contribution is 2.63. The lowest BCUT2D eigenvalue weighted by molar-refractivity contribution is 0.792. The molecule has 2 aromatic heterocycles. The predicted octanol–water partition coefficient (Wildman–Crippen LogP) is 13.6. The summed E-state index contributed by atoms with van der Waals surface area (Å²) in [7, 11) is 0. The Hall–Kier alpha value is -8.44. The van der Waals surface area contributed by atoms with E-state index in [1.165, 1.54) is 66.0 Å². The molecule has 4 nitrogen and oxygen atoms in total. The average Bonchev–Trinajstić information content (AvgIpc) is 4.02. The highest BCUT2D eigenvalue weighted by molar-refractivity contribution is 6.13. The van der Waals surface area contributed by atoms with E-state index >= 15 is 0 Å². The summed E-state index contributed by atoms with van der Waals surface area (Å²) in [6, 6.07) is 74.3. The van der Waals surface area contributed by atoms with Crippen LogP contribution in [0.5, 0.6) is 0 Å². The molecule has 0 aliphatic heterocycles. The molecule has 0 saturated carbocycles. The van der Waals surface area contributed by atoms with Crippen molar-refractivity contribution in [1.29, 1.82) is 10.5 Å². The van der Waals surface area contributed by atoms with Gasteiger partial charge in [-0.2, -0.15) is 10.5 Å². The summed E-state index contributed by atoms with van der Waals surface area (Å²) in [5.74, 6) is 0. The smallest absolute Gasteiger partial charge is 0.0991 e. The summed E-state index contributed by atoms with van der Waals surface area (Å²) < 4.78 is 4.77. The van der Waals surface area contributed by atoms with Crippen molar-refractivity contribution in [3.05, 3.63) is 228 Å². The van der Waals surface area contributed by atoms with E-state index in [-0.39, 0.29) is 0 Å². The number of fused-ring (bicyclic) bond motifs is 16. The standard InChI is InChI=1S/C57H32N4/c58-33-35-18-24-50-45(28-35)46-29-36(34-59)19-25-51(46)57(50)49-15-7-4-12-41(49)42-23-22-40(32-52(42)57)61-54-17-9-6-14-44(54)48-31-38(21-27-56(48)61)37-20-26-55-47(30-37)43-13-5-8-16-53(43)60(55)39-10-2-1-3-11-39/h1-32H. The van der Waals surface area contributed by atoms with Crippen molar-refractivity contribution in [3.8, 4) is 56.9 Å². The van der Waals surface area contributed by atoms with E-state index in [4.69, 9.17) is 0 Å². The van der Waals surface area contributed by atoms with Crippen LogP contribution in [0.3, 0.4) is 0 Å². The van der Waals surface area contributed by atoms with E-state index < -0.39 is 5.41 Å². The summed E-state index contributed by atoms with van der Waals surface area (Å²) in [4.78, 5) is 0. The van der Waals surface area contributed by atoms with Crippen LogP contribution in [0.2, 0.25) is 0 Å². The van der Waals surface area contributed by atoms with E-state index in [0.717, 1.165) is 44.7 Å². The third kappa shape index (κ3) is 4.40. The van der Waals surface area contributed by atoms with Gasteiger partial charge in [0.1, 0.15) is 0 Å². The molecule has 2 aliphatic carbocycles. The molecular formula is C57H32N4. The zero-order chi connectivity index (χ0) is 40.4. The summed E-state index contributed by atoms with van der Waals surface area (Å²) in [6.07, 6.45) is 0. The molecule has 61 heavy (non-hydrogen) atoms. The van der Waals surface area contributed by atoms with Crippen LogP contribution in [0.25, 0.3) is 88.4 Å². The lowest BCUT2D eigenvalue weighted by Crippen LogP contribution is -2.26. The van der Waals surface area contributed by atoms with Crippen LogP contribution in [0, 0.1) is 22.7 Å². The number of nitrogens with zero attached hydrogens (tertiary/aromatic N) is 4. The second kappa shape index (κ2) is 12.3. The first-order valence-electron chi connectivity index (χ1n) is 20.6. The van der Waals surface area contributed by atoms with Gasteiger partial charge in [0.2, 0.25) is 0 Å². The minimum absolute atomic E-state index is 0.605. The van der Waals surface area contributed by atoms with Crippen molar-refractivity contribution < 1.29 is 0 Å². The highest BCUT2D eigenvalue weighted by Gasteiger charge is 2.52. The number of para-hydroxylation sites is 3. The van der Waals surface area contributed by atoms with Crippen molar-refractivity contribution >= 4 is 43.6 Å². The Morgan fingerprint density at radius 2 is 0.820 bits per heavy atom. The molecule has 4 heteroatoms. The average molecular weight is 773 g/mol. The van der Waals surface area contributed by atoms with Crippen molar-refractivity contribution in [3.63, 3.8) is 0 Å². The van der Waals surface area contributed by atoms with Gasteiger partial charge in [0, 0.05) is 32.9 Å². The number of hydrogen-bond acceptors (Lipinski definition) is 2. The molecule has 0 amide bonds. The Bertz CT molecular complexity index is 3730. The molecule has 0 radical (unpaired) electrons. The van der Waals surface area contributed by atoms with E-state index in [9.17, 15) is 10.5 Å². The molecule has 2 aliphatic rings. The molecular weight excluding hydrogens is 741 g/mol. The van der Waals surface area contributed by atoms with Gasteiger partial charge in [0.15, 0.2) is 0 Å². The first-order valence-corrected chi connectivity index (χ1v) is 20.6. The SMILES string of the molecule is N#Cc1ccc2c(c1)-c1cc(C#N)ccc1C21c2ccccc2-c2ccc(-n3c4ccccc4c4cc(-c5ccc6c(c5)c5ccccc5n6-c5ccccc5)ccc43)cc21. The third-order valence-corrected chi connectivity index (χ3v) is 13.4. The van der Waals surface area contributed by atoms with Gasteiger partial charge in [-0.3, -0.25) is 0 Å². The molecule has 11 aromatic rings. The molecule has 0 saturated heterocycles. The number of hydrogen-bond donors (Lipinski definition) is 0. The van der Waals surface area contributed by atoms with Gasteiger partial charge in [-0.15, -0.1) is 0 Å². The predicted molar refractivity (Wildman–Crippen MR) is 246 cm³/mol. The Morgan fingerprint density at radius 1 is 0.328 bits per heavy atom. The Balaban J connectivity index is 1.02.